The molecular weight excluding hydrogens is 416 g/mol. The topological polar surface area (TPSA) is 69.6 Å². The lowest BCUT2D eigenvalue weighted by molar-refractivity contribution is -0.120. The van der Waals surface area contributed by atoms with Crippen molar-refractivity contribution < 1.29 is 14.3 Å². The Morgan fingerprint density at radius 1 is 1.18 bits per heavy atom. The molecule has 2 aromatic rings. The van der Waals surface area contributed by atoms with Crippen molar-refractivity contribution in [2.45, 2.75) is 59.9 Å². The van der Waals surface area contributed by atoms with E-state index in [0.717, 1.165) is 42.3 Å². The molecule has 0 bridgehead atoms. The van der Waals surface area contributed by atoms with E-state index in [1.807, 2.05) is 24.3 Å². The van der Waals surface area contributed by atoms with E-state index in [1.54, 1.807) is 10.6 Å². The van der Waals surface area contributed by atoms with Crippen LogP contribution >= 0.6 is 0 Å². The summed E-state index contributed by atoms with van der Waals surface area (Å²) in [6.45, 7) is 13.7. The first-order valence-electron chi connectivity index (χ1n) is 11.5. The third-order valence-electron chi connectivity index (χ3n) is 5.28. The van der Waals surface area contributed by atoms with E-state index >= 15 is 0 Å². The average Bonchev–Trinajstić information content (AvgIpc) is 2.79. The molecule has 178 valence electrons. The van der Waals surface area contributed by atoms with Crippen LogP contribution in [0.1, 0.15) is 53.4 Å². The summed E-state index contributed by atoms with van der Waals surface area (Å²) in [6.07, 6.45) is 9.64. The second-order valence-electron chi connectivity index (χ2n) is 8.27. The van der Waals surface area contributed by atoms with Crippen LogP contribution in [-0.4, -0.2) is 24.2 Å². The molecule has 1 heterocycles. The zero-order valence-electron chi connectivity index (χ0n) is 20.3. The summed E-state index contributed by atoms with van der Waals surface area (Å²) in [4.78, 5) is 24.5. The van der Waals surface area contributed by atoms with Crippen molar-refractivity contribution in [1.82, 2.24) is 4.57 Å². The lowest BCUT2D eigenvalue weighted by Gasteiger charge is -2.18. The fraction of sp³-hybridized carbons (Fsp3) is 0.407. The van der Waals surface area contributed by atoms with Crippen LogP contribution in [0.25, 0.3) is 10.9 Å². The standard InChI is InChI=1S/C27H36N2O4/c1-6-8-16-29-24-18-22(28-15-7-2)12-13-23(24)25(26(27(29)31)33-19-30)32-17-14-21(5)11-9-10-20(3)4/h7,10,12-14,18-19,28H,2,6,8-9,11,15-17H2,1,3-5H3. The number of aryl methyl sites for hydroxylation is 1. The van der Waals surface area contributed by atoms with Crippen LogP contribution in [0, 0.1) is 0 Å². The van der Waals surface area contributed by atoms with E-state index in [1.165, 1.54) is 11.1 Å². The van der Waals surface area contributed by atoms with Gasteiger partial charge in [0, 0.05) is 24.2 Å². The quantitative estimate of drug-likeness (QED) is 0.281. The maximum Gasteiger partial charge on any atom is 0.298 e. The third-order valence-corrected chi connectivity index (χ3v) is 5.28. The maximum atomic E-state index is 13.3. The van der Waals surface area contributed by atoms with Gasteiger partial charge in [0.15, 0.2) is 5.75 Å². The van der Waals surface area contributed by atoms with Crippen molar-refractivity contribution in [3.63, 3.8) is 0 Å². The average molecular weight is 453 g/mol. The number of benzene rings is 1. The molecular formula is C27H36N2O4. The first kappa shape index (κ1) is 26.0. The Bertz CT molecular complexity index is 1080. The molecule has 0 fully saturated rings. The van der Waals surface area contributed by atoms with Gasteiger partial charge in [-0.05, 0) is 64.3 Å². The van der Waals surface area contributed by atoms with Crippen molar-refractivity contribution in [2.75, 3.05) is 18.5 Å². The molecule has 0 aliphatic rings. The van der Waals surface area contributed by atoms with Gasteiger partial charge in [-0.3, -0.25) is 9.59 Å². The van der Waals surface area contributed by atoms with Crippen molar-refractivity contribution in [2.24, 2.45) is 0 Å². The number of anilines is 1. The van der Waals surface area contributed by atoms with Crippen LogP contribution < -0.4 is 20.3 Å². The highest BCUT2D eigenvalue weighted by molar-refractivity contribution is 5.90. The highest BCUT2D eigenvalue weighted by Crippen LogP contribution is 2.34. The zero-order chi connectivity index (χ0) is 24.2. The molecule has 6 nitrogen and oxygen atoms in total. The molecule has 0 saturated heterocycles. The number of nitrogens with one attached hydrogen (secondary N) is 1. The molecule has 0 aliphatic carbocycles. The third kappa shape index (κ3) is 7.38. The molecule has 1 N–H and O–H groups in total. The smallest absolute Gasteiger partial charge is 0.298 e. The van der Waals surface area contributed by atoms with Crippen molar-refractivity contribution >= 4 is 23.1 Å². The minimum Gasteiger partial charge on any atom is -0.485 e. The fourth-order valence-electron chi connectivity index (χ4n) is 3.49. The Labute approximate surface area is 196 Å². The lowest BCUT2D eigenvalue weighted by atomic mass is 10.1. The normalized spacial score (nSPS) is 11.2. The van der Waals surface area contributed by atoms with Crippen molar-refractivity contribution in [1.29, 1.82) is 0 Å². The van der Waals surface area contributed by atoms with Crippen LogP contribution in [0.5, 0.6) is 11.5 Å². The predicted octanol–water partition coefficient (Wildman–Crippen LogP) is 6.01. The van der Waals surface area contributed by atoms with Gasteiger partial charge in [-0.15, -0.1) is 6.58 Å². The summed E-state index contributed by atoms with van der Waals surface area (Å²) < 4.78 is 12.8. The summed E-state index contributed by atoms with van der Waals surface area (Å²) in [6, 6.07) is 5.73. The van der Waals surface area contributed by atoms with Gasteiger partial charge < -0.3 is 19.4 Å². The number of hydrogen-bond acceptors (Lipinski definition) is 5. The van der Waals surface area contributed by atoms with Crippen LogP contribution in [-0.2, 0) is 11.3 Å². The highest BCUT2D eigenvalue weighted by atomic mass is 16.5. The Morgan fingerprint density at radius 2 is 1.97 bits per heavy atom. The molecule has 0 unspecified atom stereocenters. The Balaban J connectivity index is 2.48. The van der Waals surface area contributed by atoms with Crippen LogP contribution in [0.15, 0.2) is 58.9 Å². The number of fused-ring (bicyclic) bond motifs is 1. The summed E-state index contributed by atoms with van der Waals surface area (Å²) >= 11 is 0. The summed E-state index contributed by atoms with van der Waals surface area (Å²) in [5, 5.41) is 3.98. The predicted molar refractivity (Wildman–Crippen MR) is 136 cm³/mol. The molecule has 0 aliphatic heterocycles. The van der Waals surface area contributed by atoms with Crippen molar-refractivity contribution in [3.05, 3.63) is 64.5 Å². The van der Waals surface area contributed by atoms with E-state index in [2.05, 4.69) is 45.7 Å². The van der Waals surface area contributed by atoms with E-state index in [4.69, 9.17) is 9.47 Å². The monoisotopic (exact) mass is 452 g/mol. The number of hydrogen-bond donors (Lipinski definition) is 1. The number of allylic oxidation sites excluding steroid dienone is 3. The van der Waals surface area contributed by atoms with Crippen LogP contribution in [0.3, 0.4) is 0 Å². The van der Waals surface area contributed by atoms with E-state index in [9.17, 15) is 9.59 Å². The number of carbonyl (C=O) groups is 1. The molecule has 0 amide bonds. The summed E-state index contributed by atoms with van der Waals surface area (Å²) in [5.41, 5.74) is 3.73. The summed E-state index contributed by atoms with van der Waals surface area (Å²) in [5.74, 6) is 0.217. The van der Waals surface area contributed by atoms with Gasteiger partial charge >= 0.3 is 0 Å². The molecule has 33 heavy (non-hydrogen) atoms. The minimum absolute atomic E-state index is 0.0732. The molecule has 6 heteroatoms. The second kappa shape index (κ2) is 13.3. The first-order chi connectivity index (χ1) is 15.9. The lowest BCUT2D eigenvalue weighted by Crippen LogP contribution is -2.24. The second-order valence-corrected chi connectivity index (χ2v) is 8.27. The largest absolute Gasteiger partial charge is 0.485 e. The SMILES string of the molecule is C=CCNc1ccc2c(OCC=C(C)CCC=C(C)C)c(OC=O)c(=O)n(CCCC)c2c1. The van der Waals surface area contributed by atoms with Gasteiger partial charge in [-0.25, -0.2) is 0 Å². The maximum absolute atomic E-state index is 13.3. The summed E-state index contributed by atoms with van der Waals surface area (Å²) in [7, 11) is 0. The van der Waals surface area contributed by atoms with Gasteiger partial charge in [-0.2, -0.15) is 0 Å². The van der Waals surface area contributed by atoms with Gasteiger partial charge in [0.1, 0.15) is 6.61 Å². The van der Waals surface area contributed by atoms with E-state index < -0.39 is 0 Å². The number of nitrogens with zero attached hydrogens (tertiary/aromatic N) is 1. The molecule has 0 spiro atoms. The molecule has 0 radical (unpaired) electrons. The molecule has 1 aromatic carbocycles. The Morgan fingerprint density at radius 3 is 2.64 bits per heavy atom. The number of unbranched alkanes of at least 4 members (excludes halogenated alkanes) is 1. The van der Waals surface area contributed by atoms with E-state index in [-0.39, 0.29) is 24.4 Å². The minimum atomic E-state index is -0.372. The van der Waals surface area contributed by atoms with Crippen molar-refractivity contribution in [3.8, 4) is 11.5 Å². The van der Waals surface area contributed by atoms with Crippen LogP contribution in [0.2, 0.25) is 0 Å². The van der Waals surface area contributed by atoms with Gasteiger partial charge in [-0.1, -0.05) is 36.6 Å². The molecule has 2 rings (SSSR count). The van der Waals surface area contributed by atoms with Gasteiger partial charge in [0.05, 0.1) is 5.52 Å². The molecule has 1 aromatic heterocycles. The van der Waals surface area contributed by atoms with Gasteiger partial charge in [0.25, 0.3) is 12.0 Å². The number of pyridine rings is 1. The molecule has 0 saturated carbocycles. The Kier molecular flexibility index (Phi) is 10.5. The number of aromatic nitrogens is 1. The van der Waals surface area contributed by atoms with Gasteiger partial charge in [0.2, 0.25) is 5.75 Å². The number of rotatable bonds is 14. The van der Waals surface area contributed by atoms with Crippen LogP contribution in [0.4, 0.5) is 5.69 Å². The number of carbonyl (C=O) groups excluding carboxylic acids is 1. The first-order valence-corrected chi connectivity index (χ1v) is 11.5. The zero-order valence-corrected chi connectivity index (χ0v) is 20.3. The molecule has 0 atom stereocenters. The highest BCUT2D eigenvalue weighted by Gasteiger charge is 2.20. The number of ether oxygens (including phenoxy) is 2. The Hall–Kier alpha value is -3.28. The fourth-order valence-corrected chi connectivity index (χ4v) is 3.49. The van der Waals surface area contributed by atoms with E-state index in [0.29, 0.717) is 18.8 Å².